The van der Waals surface area contributed by atoms with Crippen LogP contribution in [0.4, 0.5) is 5.69 Å². The zero-order valence-electron chi connectivity index (χ0n) is 12.2. The number of nitrogens with two attached hydrogens (primary N) is 1. The molecule has 0 amide bonds. The lowest BCUT2D eigenvalue weighted by molar-refractivity contribution is 0.339. The number of benzene rings is 2. The molecule has 0 radical (unpaired) electrons. The largest absolute Gasteiger partial charge is 0.494 e. The van der Waals surface area contributed by atoms with Gasteiger partial charge in [-0.25, -0.2) is 8.42 Å². The molecule has 2 rings (SSSR count). The Bertz CT molecular complexity index is 739. The van der Waals surface area contributed by atoms with Crippen LogP contribution in [0, 0.1) is 6.92 Å². The monoisotopic (exact) mass is 305 g/mol. The first kappa shape index (κ1) is 15.4. The fourth-order valence-electron chi connectivity index (χ4n) is 2.14. The van der Waals surface area contributed by atoms with Gasteiger partial charge < -0.3 is 10.5 Å². The van der Waals surface area contributed by atoms with E-state index in [2.05, 4.69) is 0 Å². The quantitative estimate of drug-likeness (QED) is 0.862. The van der Waals surface area contributed by atoms with Crippen molar-refractivity contribution in [3.8, 4) is 5.75 Å². The molecule has 2 aromatic carbocycles. The van der Waals surface area contributed by atoms with Gasteiger partial charge in [-0.05, 0) is 31.5 Å². The summed E-state index contributed by atoms with van der Waals surface area (Å²) in [5, 5.41) is 0. The van der Waals surface area contributed by atoms with Gasteiger partial charge in [-0.1, -0.05) is 29.8 Å². The Labute approximate surface area is 125 Å². The zero-order chi connectivity index (χ0) is 15.5. The summed E-state index contributed by atoms with van der Waals surface area (Å²) in [5.41, 5.74) is 7.84. The molecule has 112 valence electrons. The van der Waals surface area contributed by atoms with Crippen LogP contribution in [0.5, 0.6) is 5.75 Å². The Balaban J connectivity index is 2.37. The van der Waals surface area contributed by atoms with Crippen molar-refractivity contribution in [3.05, 3.63) is 53.6 Å². The third kappa shape index (κ3) is 3.76. The lowest BCUT2D eigenvalue weighted by Crippen LogP contribution is -2.08. The highest BCUT2D eigenvalue weighted by Crippen LogP contribution is 2.27. The minimum atomic E-state index is -3.51. The standard InChI is InChI=1S/C16H19NO3S/c1-3-20-14-7-8-15(17)16(10-14)21(18,19)11-13-6-4-5-12(2)9-13/h4-10H,3,11,17H2,1-2H3. The summed E-state index contributed by atoms with van der Waals surface area (Å²) in [4.78, 5) is 0.120. The maximum atomic E-state index is 12.6. The Morgan fingerprint density at radius 1 is 1.14 bits per heavy atom. The molecule has 0 saturated heterocycles. The lowest BCUT2D eigenvalue weighted by Gasteiger charge is -2.10. The van der Waals surface area contributed by atoms with Crippen molar-refractivity contribution in [2.24, 2.45) is 0 Å². The van der Waals surface area contributed by atoms with Crippen molar-refractivity contribution in [1.82, 2.24) is 0 Å². The van der Waals surface area contributed by atoms with Crippen molar-refractivity contribution < 1.29 is 13.2 Å². The lowest BCUT2D eigenvalue weighted by atomic mass is 10.2. The number of nitrogen functional groups attached to an aromatic ring is 1. The minimum absolute atomic E-state index is 0.0749. The van der Waals surface area contributed by atoms with Gasteiger partial charge in [0.05, 0.1) is 22.9 Å². The van der Waals surface area contributed by atoms with E-state index < -0.39 is 9.84 Å². The van der Waals surface area contributed by atoms with Gasteiger partial charge in [0, 0.05) is 6.07 Å². The number of rotatable bonds is 5. The van der Waals surface area contributed by atoms with Gasteiger partial charge in [0.25, 0.3) is 0 Å². The topological polar surface area (TPSA) is 69.4 Å². The molecular formula is C16H19NO3S. The maximum absolute atomic E-state index is 12.6. The predicted molar refractivity (Wildman–Crippen MR) is 84.1 cm³/mol. The average Bonchev–Trinajstić information content (AvgIpc) is 2.40. The van der Waals surface area contributed by atoms with E-state index in [1.807, 2.05) is 32.0 Å². The fourth-order valence-corrected chi connectivity index (χ4v) is 3.64. The SMILES string of the molecule is CCOc1ccc(N)c(S(=O)(=O)Cc2cccc(C)c2)c1. The first-order valence-corrected chi connectivity index (χ1v) is 8.38. The van der Waals surface area contributed by atoms with Gasteiger partial charge in [-0.15, -0.1) is 0 Å². The molecule has 21 heavy (non-hydrogen) atoms. The summed E-state index contributed by atoms with van der Waals surface area (Å²) < 4.78 is 30.5. The molecule has 0 aromatic heterocycles. The van der Waals surface area contributed by atoms with E-state index in [1.165, 1.54) is 6.07 Å². The normalized spacial score (nSPS) is 11.3. The van der Waals surface area contributed by atoms with Crippen LogP contribution in [0.25, 0.3) is 0 Å². The van der Waals surface area contributed by atoms with E-state index in [9.17, 15) is 8.42 Å². The zero-order valence-corrected chi connectivity index (χ0v) is 13.0. The van der Waals surface area contributed by atoms with Crippen molar-refractivity contribution in [2.45, 2.75) is 24.5 Å². The smallest absolute Gasteiger partial charge is 0.184 e. The summed E-state index contributed by atoms with van der Waals surface area (Å²) in [6.07, 6.45) is 0. The molecule has 4 nitrogen and oxygen atoms in total. The molecule has 0 saturated carbocycles. The van der Waals surface area contributed by atoms with E-state index in [0.29, 0.717) is 12.4 Å². The van der Waals surface area contributed by atoms with Crippen LogP contribution in [0.2, 0.25) is 0 Å². The predicted octanol–water partition coefficient (Wildman–Crippen LogP) is 2.95. The molecule has 0 aliphatic carbocycles. The Morgan fingerprint density at radius 3 is 2.57 bits per heavy atom. The molecule has 2 aromatic rings. The second kappa shape index (κ2) is 6.18. The van der Waals surface area contributed by atoms with Crippen LogP contribution in [-0.4, -0.2) is 15.0 Å². The molecule has 0 fully saturated rings. The summed E-state index contributed by atoms with van der Waals surface area (Å²) in [5.74, 6) is 0.434. The number of aryl methyl sites for hydroxylation is 1. The van der Waals surface area contributed by atoms with Crippen LogP contribution < -0.4 is 10.5 Å². The van der Waals surface area contributed by atoms with E-state index in [4.69, 9.17) is 10.5 Å². The molecule has 5 heteroatoms. The van der Waals surface area contributed by atoms with Crippen molar-refractivity contribution in [1.29, 1.82) is 0 Å². The summed E-state index contributed by atoms with van der Waals surface area (Å²) in [6.45, 7) is 4.25. The molecule has 0 aliphatic heterocycles. The second-order valence-corrected chi connectivity index (χ2v) is 6.84. The number of hydrogen-bond acceptors (Lipinski definition) is 4. The first-order valence-electron chi connectivity index (χ1n) is 6.73. The highest BCUT2D eigenvalue weighted by molar-refractivity contribution is 7.90. The molecule has 0 heterocycles. The number of hydrogen-bond donors (Lipinski definition) is 1. The summed E-state index contributed by atoms with van der Waals surface area (Å²) >= 11 is 0. The third-order valence-corrected chi connectivity index (χ3v) is 4.81. The molecule has 0 unspecified atom stereocenters. The summed E-state index contributed by atoms with van der Waals surface area (Å²) in [7, 11) is -3.51. The van der Waals surface area contributed by atoms with Crippen LogP contribution in [0.3, 0.4) is 0 Å². The van der Waals surface area contributed by atoms with Gasteiger partial charge in [-0.2, -0.15) is 0 Å². The fraction of sp³-hybridized carbons (Fsp3) is 0.250. The molecule has 0 spiro atoms. The van der Waals surface area contributed by atoms with Crippen molar-refractivity contribution >= 4 is 15.5 Å². The molecule has 0 atom stereocenters. The number of ether oxygens (including phenoxy) is 1. The van der Waals surface area contributed by atoms with Crippen LogP contribution >= 0.6 is 0 Å². The minimum Gasteiger partial charge on any atom is -0.494 e. The van der Waals surface area contributed by atoms with Crippen LogP contribution in [0.15, 0.2) is 47.4 Å². The van der Waals surface area contributed by atoms with Gasteiger partial charge >= 0.3 is 0 Å². The highest BCUT2D eigenvalue weighted by atomic mass is 32.2. The Hall–Kier alpha value is -2.01. The molecule has 0 aliphatic rings. The number of anilines is 1. The molecule has 0 bridgehead atoms. The van der Waals surface area contributed by atoms with Crippen molar-refractivity contribution in [3.63, 3.8) is 0 Å². The second-order valence-electron chi connectivity index (χ2n) is 4.88. The average molecular weight is 305 g/mol. The van der Waals surface area contributed by atoms with Gasteiger partial charge in [0.2, 0.25) is 0 Å². The van der Waals surface area contributed by atoms with E-state index in [1.54, 1.807) is 18.2 Å². The molecule has 2 N–H and O–H groups in total. The van der Waals surface area contributed by atoms with Crippen LogP contribution in [-0.2, 0) is 15.6 Å². The maximum Gasteiger partial charge on any atom is 0.184 e. The molecular weight excluding hydrogens is 286 g/mol. The van der Waals surface area contributed by atoms with Gasteiger partial charge in [-0.3, -0.25) is 0 Å². The Morgan fingerprint density at radius 2 is 1.90 bits per heavy atom. The number of sulfone groups is 1. The van der Waals surface area contributed by atoms with E-state index in [0.717, 1.165) is 11.1 Å². The van der Waals surface area contributed by atoms with E-state index in [-0.39, 0.29) is 16.3 Å². The van der Waals surface area contributed by atoms with Gasteiger partial charge in [0.1, 0.15) is 5.75 Å². The van der Waals surface area contributed by atoms with Crippen molar-refractivity contribution in [2.75, 3.05) is 12.3 Å². The summed E-state index contributed by atoms with van der Waals surface area (Å²) in [6, 6.07) is 12.2. The van der Waals surface area contributed by atoms with Crippen LogP contribution in [0.1, 0.15) is 18.1 Å². The Kier molecular flexibility index (Phi) is 4.53. The first-order chi connectivity index (χ1) is 9.92. The highest BCUT2D eigenvalue weighted by Gasteiger charge is 2.19. The third-order valence-electron chi connectivity index (χ3n) is 3.07. The van der Waals surface area contributed by atoms with E-state index >= 15 is 0 Å². The van der Waals surface area contributed by atoms with Gasteiger partial charge in [0.15, 0.2) is 9.84 Å².